The average Bonchev–Trinajstić information content (AvgIpc) is 3.16. The zero-order valence-electron chi connectivity index (χ0n) is 14.7. The summed E-state index contributed by atoms with van der Waals surface area (Å²) >= 11 is 12.2. The first-order valence-electron chi connectivity index (χ1n) is 8.18. The molecule has 1 heterocycles. The molecule has 0 saturated heterocycles. The van der Waals surface area contributed by atoms with Crippen molar-refractivity contribution in [3.05, 3.63) is 59.1 Å². The molecule has 3 aromatic rings. The van der Waals surface area contributed by atoms with Gasteiger partial charge in [0, 0.05) is 17.6 Å². The lowest BCUT2D eigenvalue weighted by Gasteiger charge is -2.13. The number of amides is 2. The Hall–Kier alpha value is -3.10. The highest BCUT2D eigenvalue weighted by Crippen LogP contribution is 2.26. The number of rotatable bonds is 6. The normalized spacial score (nSPS) is 10.4. The topological polar surface area (TPSA) is 101 Å². The largest absolute Gasteiger partial charge is 0.375 e. The van der Waals surface area contributed by atoms with Crippen molar-refractivity contribution in [2.45, 2.75) is 6.92 Å². The summed E-state index contributed by atoms with van der Waals surface area (Å²) in [4.78, 5) is 27.5. The number of nitrogens with one attached hydrogen (secondary N) is 3. The van der Waals surface area contributed by atoms with Gasteiger partial charge < -0.3 is 16.0 Å². The van der Waals surface area contributed by atoms with E-state index < -0.39 is 0 Å². The van der Waals surface area contributed by atoms with Crippen LogP contribution < -0.4 is 16.0 Å². The first-order valence-corrected chi connectivity index (χ1v) is 8.93. The fourth-order valence-corrected chi connectivity index (χ4v) is 2.81. The van der Waals surface area contributed by atoms with Crippen LogP contribution in [-0.4, -0.2) is 33.1 Å². The molecule has 28 heavy (non-hydrogen) atoms. The van der Waals surface area contributed by atoms with E-state index in [9.17, 15) is 9.59 Å². The average molecular weight is 419 g/mol. The summed E-state index contributed by atoms with van der Waals surface area (Å²) in [5.74, 6) is -0.516. The lowest BCUT2D eigenvalue weighted by molar-refractivity contribution is -0.115. The minimum absolute atomic E-state index is 0.0491. The summed E-state index contributed by atoms with van der Waals surface area (Å²) in [6, 6.07) is 10.0. The van der Waals surface area contributed by atoms with Gasteiger partial charge in [0.25, 0.3) is 0 Å². The van der Waals surface area contributed by atoms with Crippen molar-refractivity contribution < 1.29 is 9.59 Å². The molecule has 0 aliphatic rings. The van der Waals surface area contributed by atoms with E-state index in [0.29, 0.717) is 32.8 Å². The summed E-state index contributed by atoms with van der Waals surface area (Å²) < 4.78 is 1.52. The molecule has 0 aliphatic heterocycles. The second-order valence-corrected chi connectivity index (χ2v) is 6.62. The van der Waals surface area contributed by atoms with E-state index in [4.69, 9.17) is 23.2 Å². The predicted molar refractivity (Wildman–Crippen MR) is 109 cm³/mol. The molecule has 0 saturated carbocycles. The zero-order valence-corrected chi connectivity index (χ0v) is 16.3. The number of carbonyl (C=O) groups excluding carboxylic acids is 2. The quantitative estimate of drug-likeness (QED) is 0.567. The number of hydrogen-bond acceptors (Lipinski definition) is 5. The molecule has 0 unspecified atom stereocenters. The number of nitrogens with zero attached hydrogens (tertiary/aromatic N) is 3. The fourth-order valence-electron chi connectivity index (χ4n) is 2.45. The second-order valence-electron chi connectivity index (χ2n) is 5.78. The van der Waals surface area contributed by atoms with Crippen LogP contribution >= 0.6 is 23.2 Å². The standard InChI is InChI=1S/C18H16Cl2N6O2/c1-11(27)24-13-3-4-14(20)15(7-13)22-8-18(28)25-16-6-12(19)2-5-17(16)26-10-21-9-23-26/h2-7,9-10,22H,8H2,1H3,(H,24,27)(H,25,28). The molecule has 0 spiro atoms. The highest BCUT2D eigenvalue weighted by atomic mass is 35.5. The van der Waals surface area contributed by atoms with E-state index in [1.165, 1.54) is 24.3 Å². The maximum Gasteiger partial charge on any atom is 0.243 e. The highest BCUT2D eigenvalue weighted by Gasteiger charge is 2.11. The summed E-state index contributed by atoms with van der Waals surface area (Å²) in [5.41, 5.74) is 2.21. The highest BCUT2D eigenvalue weighted by molar-refractivity contribution is 6.33. The minimum atomic E-state index is -0.315. The Balaban J connectivity index is 1.70. The molecule has 0 aliphatic carbocycles. The predicted octanol–water partition coefficient (Wildman–Crippen LogP) is 3.58. The van der Waals surface area contributed by atoms with Gasteiger partial charge in [0.15, 0.2) is 0 Å². The molecule has 3 rings (SSSR count). The van der Waals surface area contributed by atoms with Crippen LogP contribution in [0.3, 0.4) is 0 Å². The maximum atomic E-state index is 12.4. The van der Waals surface area contributed by atoms with Gasteiger partial charge in [0.05, 0.1) is 28.6 Å². The number of aromatic nitrogens is 3. The molecule has 0 radical (unpaired) electrons. The molecule has 2 amide bonds. The van der Waals surface area contributed by atoms with Crippen LogP contribution in [0.15, 0.2) is 49.1 Å². The van der Waals surface area contributed by atoms with Crippen LogP contribution in [0.4, 0.5) is 17.1 Å². The molecule has 144 valence electrons. The molecule has 8 nitrogen and oxygen atoms in total. The van der Waals surface area contributed by atoms with E-state index >= 15 is 0 Å². The van der Waals surface area contributed by atoms with Gasteiger partial charge in [0.1, 0.15) is 12.7 Å². The van der Waals surface area contributed by atoms with Crippen LogP contribution in [0.5, 0.6) is 0 Å². The van der Waals surface area contributed by atoms with Crippen molar-refractivity contribution in [1.82, 2.24) is 14.8 Å². The summed E-state index contributed by atoms with van der Waals surface area (Å²) in [6.45, 7) is 1.36. The van der Waals surface area contributed by atoms with Crippen LogP contribution in [0.25, 0.3) is 5.69 Å². The van der Waals surface area contributed by atoms with E-state index in [1.54, 1.807) is 36.4 Å². The lowest BCUT2D eigenvalue weighted by atomic mass is 10.2. The van der Waals surface area contributed by atoms with Crippen LogP contribution in [0, 0.1) is 0 Å². The number of benzene rings is 2. The van der Waals surface area contributed by atoms with E-state index in [1.807, 2.05) is 0 Å². The summed E-state index contributed by atoms with van der Waals surface area (Å²) in [5, 5.41) is 13.4. The Bertz CT molecular complexity index is 1010. The number of carbonyl (C=O) groups is 2. The summed E-state index contributed by atoms with van der Waals surface area (Å²) in [7, 11) is 0. The Kier molecular flexibility index (Phi) is 6.13. The van der Waals surface area contributed by atoms with E-state index in [-0.39, 0.29) is 18.4 Å². The third kappa shape index (κ3) is 4.99. The SMILES string of the molecule is CC(=O)Nc1ccc(Cl)c(NCC(=O)Nc2cc(Cl)ccc2-n2cncn2)c1. The van der Waals surface area contributed by atoms with E-state index in [2.05, 4.69) is 26.0 Å². The number of hydrogen-bond donors (Lipinski definition) is 3. The van der Waals surface area contributed by atoms with Crippen molar-refractivity contribution in [3.8, 4) is 5.69 Å². The van der Waals surface area contributed by atoms with Gasteiger partial charge in [-0.25, -0.2) is 9.67 Å². The third-order valence-electron chi connectivity index (χ3n) is 3.62. The first-order chi connectivity index (χ1) is 13.4. The molecule has 3 N–H and O–H groups in total. The van der Waals surface area contributed by atoms with Crippen molar-refractivity contribution in [2.24, 2.45) is 0 Å². The first kappa shape index (κ1) is 19.7. The zero-order chi connectivity index (χ0) is 20.1. The molecule has 0 bridgehead atoms. The fraction of sp³-hybridized carbons (Fsp3) is 0.111. The van der Waals surface area contributed by atoms with Crippen LogP contribution in [0.2, 0.25) is 10.0 Å². The lowest BCUT2D eigenvalue weighted by Crippen LogP contribution is -2.22. The van der Waals surface area contributed by atoms with Crippen molar-refractivity contribution in [3.63, 3.8) is 0 Å². The molecule has 10 heteroatoms. The number of anilines is 3. The van der Waals surface area contributed by atoms with Gasteiger partial charge in [-0.3, -0.25) is 9.59 Å². The van der Waals surface area contributed by atoms with Crippen molar-refractivity contribution in [1.29, 1.82) is 0 Å². The van der Waals surface area contributed by atoms with Gasteiger partial charge in [0.2, 0.25) is 11.8 Å². The second kappa shape index (κ2) is 8.73. The monoisotopic (exact) mass is 418 g/mol. The van der Waals surface area contributed by atoms with Crippen LogP contribution in [-0.2, 0) is 9.59 Å². The maximum absolute atomic E-state index is 12.4. The number of halogens is 2. The Morgan fingerprint density at radius 3 is 2.61 bits per heavy atom. The Morgan fingerprint density at radius 2 is 1.89 bits per heavy atom. The smallest absolute Gasteiger partial charge is 0.243 e. The van der Waals surface area contributed by atoms with Crippen LogP contribution in [0.1, 0.15) is 6.92 Å². The molecule has 1 aromatic heterocycles. The van der Waals surface area contributed by atoms with Gasteiger partial charge in [-0.15, -0.1) is 0 Å². The molecular weight excluding hydrogens is 403 g/mol. The van der Waals surface area contributed by atoms with E-state index in [0.717, 1.165) is 0 Å². The van der Waals surface area contributed by atoms with Crippen molar-refractivity contribution in [2.75, 3.05) is 22.5 Å². The van der Waals surface area contributed by atoms with Crippen molar-refractivity contribution >= 4 is 52.1 Å². The Labute approximate surface area is 170 Å². The van der Waals surface area contributed by atoms with Gasteiger partial charge in [-0.1, -0.05) is 23.2 Å². The summed E-state index contributed by atoms with van der Waals surface area (Å²) in [6.07, 6.45) is 2.91. The van der Waals surface area contributed by atoms with Gasteiger partial charge >= 0.3 is 0 Å². The third-order valence-corrected chi connectivity index (χ3v) is 4.19. The minimum Gasteiger partial charge on any atom is -0.375 e. The molecule has 0 atom stereocenters. The van der Waals surface area contributed by atoms with Gasteiger partial charge in [-0.05, 0) is 36.4 Å². The molecule has 2 aromatic carbocycles. The Morgan fingerprint density at radius 1 is 1.07 bits per heavy atom. The van der Waals surface area contributed by atoms with Gasteiger partial charge in [-0.2, -0.15) is 5.10 Å². The molecule has 0 fully saturated rings. The molecular formula is C18H16Cl2N6O2.